The van der Waals surface area contributed by atoms with E-state index in [4.69, 9.17) is 17.3 Å². The first kappa shape index (κ1) is 13.7. The number of nitrogens with one attached hydrogen (secondary N) is 1. The molecule has 0 aromatic heterocycles. The Morgan fingerprint density at radius 3 is 2.67 bits per heavy atom. The van der Waals surface area contributed by atoms with E-state index in [-0.39, 0.29) is 17.7 Å². The quantitative estimate of drug-likeness (QED) is 0.650. The number of carboxylic acid groups (broad SMARTS) is 1. The van der Waals surface area contributed by atoms with Crippen molar-refractivity contribution in [3.8, 4) is 5.92 Å². The molecule has 1 rings (SSSR count). The Morgan fingerprint density at radius 2 is 2.22 bits per heavy atom. The Morgan fingerprint density at radius 1 is 1.56 bits per heavy atom. The molecule has 0 saturated carbocycles. The Bertz CT molecular complexity index is 523. The topological polar surface area (TPSA) is 92.4 Å². The van der Waals surface area contributed by atoms with Crippen molar-refractivity contribution in [2.45, 2.75) is 6.04 Å². The summed E-state index contributed by atoms with van der Waals surface area (Å²) in [6, 6.07) is 2.15. The van der Waals surface area contributed by atoms with E-state index in [0.717, 1.165) is 6.07 Å². The molecular weight excluding hydrogens is 239 g/mol. The maximum atomic E-state index is 13.3. The molecule has 0 spiro atoms. The maximum Gasteiger partial charge on any atom is 0.327 e. The fraction of sp³-hybridized carbons (Fsp3) is 0.167. The SMILES string of the molecule is [C]#Cc1ccc(C(=O)NC(CN)C(=O)O)cc1F. The van der Waals surface area contributed by atoms with E-state index in [1.54, 1.807) is 0 Å². The summed E-state index contributed by atoms with van der Waals surface area (Å²) in [6.45, 7) is -0.268. The Labute approximate surface area is 103 Å². The average molecular weight is 249 g/mol. The highest BCUT2D eigenvalue weighted by Crippen LogP contribution is 2.09. The van der Waals surface area contributed by atoms with E-state index in [0.29, 0.717) is 0 Å². The van der Waals surface area contributed by atoms with E-state index in [1.165, 1.54) is 12.1 Å². The minimum absolute atomic E-state index is 0.0498. The van der Waals surface area contributed by atoms with Gasteiger partial charge >= 0.3 is 5.97 Å². The largest absolute Gasteiger partial charge is 0.480 e. The molecule has 1 aromatic rings. The number of carbonyl (C=O) groups is 2. The third-order valence-corrected chi connectivity index (χ3v) is 2.21. The van der Waals surface area contributed by atoms with Gasteiger partial charge in [-0.2, -0.15) is 0 Å². The molecule has 0 aliphatic heterocycles. The summed E-state index contributed by atoms with van der Waals surface area (Å²) >= 11 is 0. The van der Waals surface area contributed by atoms with E-state index < -0.39 is 23.7 Å². The minimum Gasteiger partial charge on any atom is -0.480 e. The van der Waals surface area contributed by atoms with Crippen molar-refractivity contribution >= 4 is 11.9 Å². The van der Waals surface area contributed by atoms with Crippen LogP contribution in [0.25, 0.3) is 0 Å². The number of benzene rings is 1. The molecule has 0 aliphatic rings. The number of rotatable bonds is 4. The van der Waals surface area contributed by atoms with E-state index in [2.05, 4.69) is 5.32 Å². The van der Waals surface area contributed by atoms with Crippen molar-refractivity contribution in [2.24, 2.45) is 5.73 Å². The van der Waals surface area contributed by atoms with Gasteiger partial charge in [0.1, 0.15) is 11.9 Å². The van der Waals surface area contributed by atoms with Gasteiger partial charge in [-0.15, -0.1) is 0 Å². The third kappa shape index (κ3) is 3.06. The number of aliphatic carboxylic acids is 1. The summed E-state index contributed by atoms with van der Waals surface area (Å²) in [5, 5.41) is 10.9. The first-order valence-corrected chi connectivity index (χ1v) is 4.95. The number of hydrogen-bond acceptors (Lipinski definition) is 3. The second kappa shape index (κ2) is 5.80. The van der Waals surface area contributed by atoms with Crippen molar-refractivity contribution in [3.63, 3.8) is 0 Å². The molecule has 0 fully saturated rings. The van der Waals surface area contributed by atoms with Gasteiger partial charge in [-0.05, 0) is 30.5 Å². The van der Waals surface area contributed by atoms with Crippen molar-refractivity contribution in [1.29, 1.82) is 0 Å². The first-order chi connectivity index (χ1) is 8.49. The van der Waals surface area contributed by atoms with Crippen molar-refractivity contribution in [2.75, 3.05) is 6.54 Å². The lowest BCUT2D eigenvalue weighted by molar-refractivity contribution is -0.138. The van der Waals surface area contributed by atoms with Crippen LogP contribution in [-0.2, 0) is 4.79 Å². The standard InChI is InChI=1S/C12H10FN2O3/c1-2-7-3-4-8(5-9(7)13)11(16)15-10(6-14)12(17)18/h3-5,10H,6,14H2,(H,15,16)(H,17,18). The Balaban J connectivity index is 2.89. The van der Waals surface area contributed by atoms with E-state index in [9.17, 15) is 14.0 Å². The van der Waals surface area contributed by atoms with Gasteiger partial charge in [-0.3, -0.25) is 4.79 Å². The van der Waals surface area contributed by atoms with Crippen molar-refractivity contribution < 1.29 is 19.1 Å². The number of nitrogens with two attached hydrogens (primary N) is 1. The highest BCUT2D eigenvalue weighted by molar-refractivity contribution is 5.96. The van der Waals surface area contributed by atoms with Gasteiger partial charge in [-0.1, -0.05) is 0 Å². The number of halogens is 1. The molecule has 1 aromatic carbocycles. The lowest BCUT2D eigenvalue weighted by Gasteiger charge is -2.12. The van der Waals surface area contributed by atoms with E-state index in [1.807, 2.05) is 5.92 Å². The number of hydrogen-bond donors (Lipinski definition) is 3. The Kier molecular flexibility index (Phi) is 4.40. The summed E-state index contributed by atoms with van der Waals surface area (Å²) in [5.41, 5.74) is 5.04. The molecule has 5 nitrogen and oxygen atoms in total. The predicted octanol–water partition coefficient (Wildman–Crippen LogP) is -0.0947. The fourth-order valence-corrected chi connectivity index (χ4v) is 1.22. The van der Waals surface area contributed by atoms with Gasteiger partial charge in [0.2, 0.25) is 0 Å². The van der Waals surface area contributed by atoms with Crippen LogP contribution in [0.2, 0.25) is 0 Å². The summed E-state index contributed by atoms with van der Waals surface area (Å²) < 4.78 is 13.3. The van der Waals surface area contributed by atoms with Crippen LogP contribution in [-0.4, -0.2) is 29.6 Å². The van der Waals surface area contributed by atoms with Gasteiger partial charge in [0.15, 0.2) is 0 Å². The third-order valence-electron chi connectivity index (χ3n) is 2.21. The molecular formula is C12H10FN2O3. The fourth-order valence-electron chi connectivity index (χ4n) is 1.22. The molecule has 1 atom stereocenters. The van der Waals surface area contributed by atoms with Gasteiger partial charge in [0.05, 0.1) is 5.56 Å². The lowest BCUT2D eigenvalue weighted by Crippen LogP contribution is -2.45. The zero-order valence-corrected chi connectivity index (χ0v) is 9.24. The van der Waals surface area contributed by atoms with Crippen LogP contribution in [0.1, 0.15) is 15.9 Å². The van der Waals surface area contributed by atoms with Crippen LogP contribution in [0.4, 0.5) is 4.39 Å². The van der Waals surface area contributed by atoms with Crippen LogP contribution in [0.15, 0.2) is 18.2 Å². The predicted molar refractivity (Wildman–Crippen MR) is 60.6 cm³/mol. The van der Waals surface area contributed by atoms with Gasteiger partial charge < -0.3 is 16.2 Å². The lowest BCUT2D eigenvalue weighted by atomic mass is 10.1. The number of amides is 1. The summed E-state index contributed by atoms with van der Waals surface area (Å²) in [4.78, 5) is 22.3. The smallest absolute Gasteiger partial charge is 0.327 e. The molecule has 1 unspecified atom stereocenters. The van der Waals surface area contributed by atoms with Gasteiger partial charge in [0, 0.05) is 12.1 Å². The molecule has 6 heteroatoms. The minimum atomic E-state index is -1.27. The van der Waals surface area contributed by atoms with Crippen LogP contribution in [0.5, 0.6) is 0 Å². The van der Waals surface area contributed by atoms with Crippen LogP contribution >= 0.6 is 0 Å². The van der Waals surface area contributed by atoms with Crippen LogP contribution in [0, 0.1) is 18.2 Å². The average Bonchev–Trinajstić information content (AvgIpc) is 2.35. The number of carboxylic acids is 1. The first-order valence-electron chi connectivity index (χ1n) is 4.95. The van der Waals surface area contributed by atoms with Gasteiger partial charge in [0.25, 0.3) is 5.91 Å². The zero-order chi connectivity index (χ0) is 13.7. The zero-order valence-electron chi connectivity index (χ0n) is 9.24. The summed E-state index contributed by atoms with van der Waals surface area (Å²) in [7, 11) is 0. The monoisotopic (exact) mass is 249 g/mol. The normalized spacial score (nSPS) is 11.4. The number of carbonyl (C=O) groups excluding carboxylic acids is 1. The molecule has 1 radical (unpaired) electrons. The molecule has 1 amide bonds. The highest BCUT2D eigenvalue weighted by Gasteiger charge is 2.19. The molecule has 93 valence electrons. The highest BCUT2D eigenvalue weighted by atomic mass is 19.1. The van der Waals surface area contributed by atoms with Crippen LogP contribution in [0.3, 0.4) is 0 Å². The molecule has 0 saturated heterocycles. The molecule has 0 bridgehead atoms. The second-order valence-electron chi connectivity index (χ2n) is 3.42. The van der Waals surface area contributed by atoms with Crippen molar-refractivity contribution in [1.82, 2.24) is 5.32 Å². The molecule has 0 aliphatic carbocycles. The van der Waals surface area contributed by atoms with Crippen LogP contribution < -0.4 is 11.1 Å². The molecule has 0 heterocycles. The van der Waals surface area contributed by atoms with Crippen molar-refractivity contribution in [3.05, 3.63) is 41.6 Å². The maximum absolute atomic E-state index is 13.3. The molecule has 4 N–H and O–H groups in total. The summed E-state index contributed by atoms with van der Waals surface area (Å²) in [6.07, 6.45) is 6.78. The summed E-state index contributed by atoms with van der Waals surface area (Å²) in [5.74, 6) is -0.934. The molecule has 18 heavy (non-hydrogen) atoms. The van der Waals surface area contributed by atoms with E-state index >= 15 is 0 Å². The second-order valence-corrected chi connectivity index (χ2v) is 3.42. The van der Waals surface area contributed by atoms with Gasteiger partial charge in [-0.25, -0.2) is 9.18 Å². The Hall–Kier alpha value is -2.39.